The SMILES string of the molecule is CCc1ccc(OCCNS(=O)(=O)c2nnc(NC(=O)c3ccccc3)s2)cc1. The number of amides is 1. The average molecular weight is 433 g/mol. The minimum atomic E-state index is -3.84. The van der Waals surface area contributed by atoms with Crippen molar-refractivity contribution in [3.05, 3.63) is 65.7 Å². The number of nitrogens with zero attached hydrogens (tertiary/aromatic N) is 2. The van der Waals surface area contributed by atoms with Crippen LogP contribution in [0, 0.1) is 0 Å². The second-order valence-corrected chi connectivity index (χ2v) is 8.86. The van der Waals surface area contributed by atoms with E-state index >= 15 is 0 Å². The third-order valence-corrected chi connectivity index (χ3v) is 6.55. The van der Waals surface area contributed by atoms with E-state index in [2.05, 4.69) is 27.2 Å². The van der Waals surface area contributed by atoms with Gasteiger partial charge in [0.15, 0.2) is 0 Å². The molecule has 0 aliphatic rings. The Hall–Kier alpha value is -2.82. The van der Waals surface area contributed by atoms with Gasteiger partial charge in [-0.05, 0) is 36.2 Å². The van der Waals surface area contributed by atoms with Crippen molar-refractivity contribution in [1.82, 2.24) is 14.9 Å². The molecule has 8 nitrogen and oxygen atoms in total. The van der Waals surface area contributed by atoms with Crippen molar-refractivity contribution in [2.45, 2.75) is 17.7 Å². The number of sulfonamides is 1. The topological polar surface area (TPSA) is 110 Å². The maximum absolute atomic E-state index is 12.3. The number of benzene rings is 2. The summed E-state index contributed by atoms with van der Waals surface area (Å²) in [5.74, 6) is 0.282. The van der Waals surface area contributed by atoms with E-state index in [9.17, 15) is 13.2 Å². The van der Waals surface area contributed by atoms with Gasteiger partial charge in [0.25, 0.3) is 15.9 Å². The van der Waals surface area contributed by atoms with Crippen molar-refractivity contribution in [2.24, 2.45) is 0 Å². The number of rotatable bonds is 9. The van der Waals surface area contributed by atoms with E-state index in [1.54, 1.807) is 30.3 Å². The molecular formula is C19H20N4O4S2. The Morgan fingerprint density at radius 1 is 1.07 bits per heavy atom. The number of carbonyl (C=O) groups excluding carboxylic acids is 1. The van der Waals surface area contributed by atoms with Crippen molar-refractivity contribution in [3.8, 4) is 5.75 Å². The Labute approximate surface area is 173 Å². The molecule has 0 bridgehead atoms. The number of aryl methyl sites for hydroxylation is 1. The molecule has 3 rings (SSSR count). The summed E-state index contributed by atoms with van der Waals surface area (Å²) in [6.45, 7) is 2.31. The lowest BCUT2D eigenvalue weighted by Crippen LogP contribution is -2.28. The number of hydrogen-bond donors (Lipinski definition) is 2. The first-order valence-corrected chi connectivity index (χ1v) is 11.2. The lowest BCUT2D eigenvalue weighted by Gasteiger charge is -2.07. The molecule has 0 aliphatic carbocycles. The van der Waals surface area contributed by atoms with Crippen LogP contribution in [0.15, 0.2) is 58.9 Å². The van der Waals surface area contributed by atoms with E-state index in [1.165, 1.54) is 5.56 Å². The van der Waals surface area contributed by atoms with Crippen LogP contribution < -0.4 is 14.8 Å². The molecule has 1 aromatic heterocycles. The van der Waals surface area contributed by atoms with Crippen LogP contribution >= 0.6 is 11.3 Å². The first kappa shape index (κ1) is 20.9. The number of nitrogens with one attached hydrogen (secondary N) is 2. The van der Waals surface area contributed by atoms with Crippen LogP contribution in [0.2, 0.25) is 0 Å². The first-order chi connectivity index (χ1) is 14.0. The van der Waals surface area contributed by atoms with Gasteiger partial charge >= 0.3 is 0 Å². The minimum absolute atomic E-state index is 0.0726. The number of hydrogen-bond acceptors (Lipinski definition) is 7. The molecule has 0 atom stereocenters. The third-order valence-electron chi connectivity index (χ3n) is 3.89. The molecule has 0 radical (unpaired) electrons. The highest BCUT2D eigenvalue weighted by Gasteiger charge is 2.20. The Balaban J connectivity index is 1.51. The van der Waals surface area contributed by atoms with E-state index in [4.69, 9.17) is 4.74 Å². The maximum Gasteiger partial charge on any atom is 0.269 e. The zero-order valence-electron chi connectivity index (χ0n) is 15.7. The molecule has 2 N–H and O–H groups in total. The molecule has 0 saturated carbocycles. The van der Waals surface area contributed by atoms with Crippen molar-refractivity contribution in [2.75, 3.05) is 18.5 Å². The molecule has 1 heterocycles. The average Bonchev–Trinajstić information content (AvgIpc) is 3.22. The van der Waals surface area contributed by atoms with E-state index in [0.717, 1.165) is 17.8 Å². The lowest BCUT2D eigenvalue weighted by molar-refractivity contribution is 0.102. The molecule has 0 unspecified atom stereocenters. The van der Waals surface area contributed by atoms with E-state index in [1.807, 2.05) is 24.3 Å². The quantitative estimate of drug-likeness (QED) is 0.397. The maximum atomic E-state index is 12.3. The van der Waals surface area contributed by atoms with E-state index < -0.39 is 10.0 Å². The Morgan fingerprint density at radius 3 is 2.48 bits per heavy atom. The fourth-order valence-electron chi connectivity index (χ4n) is 2.36. The van der Waals surface area contributed by atoms with Gasteiger partial charge in [0.2, 0.25) is 9.47 Å². The van der Waals surface area contributed by atoms with Gasteiger partial charge in [-0.1, -0.05) is 48.6 Å². The molecule has 152 valence electrons. The van der Waals surface area contributed by atoms with Crippen LogP contribution in [0.3, 0.4) is 0 Å². The van der Waals surface area contributed by atoms with Gasteiger partial charge in [-0.2, -0.15) is 0 Å². The molecule has 3 aromatic rings. The highest BCUT2D eigenvalue weighted by molar-refractivity contribution is 7.91. The summed E-state index contributed by atoms with van der Waals surface area (Å²) < 4.78 is 32.4. The summed E-state index contributed by atoms with van der Waals surface area (Å²) in [6, 6.07) is 16.2. The van der Waals surface area contributed by atoms with Crippen molar-refractivity contribution < 1.29 is 17.9 Å². The molecule has 0 saturated heterocycles. The molecular weight excluding hydrogens is 412 g/mol. The van der Waals surface area contributed by atoms with E-state index in [0.29, 0.717) is 11.3 Å². The summed E-state index contributed by atoms with van der Waals surface area (Å²) in [5.41, 5.74) is 1.64. The smallest absolute Gasteiger partial charge is 0.269 e. The number of ether oxygens (including phenoxy) is 1. The van der Waals surface area contributed by atoms with Crippen LogP contribution in [0.1, 0.15) is 22.8 Å². The number of anilines is 1. The fraction of sp³-hybridized carbons (Fsp3) is 0.211. The molecule has 2 aromatic carbocycles. The summed E-state index contributed by atoms with van der Waals surface area (Å²) in [7, 11) is -3.84. The first-order valence-electron chi connectivity index (χ1n) is 8.89. The highest BCUT2D eigenvalue weighted by Crippen LogP contribution is 2.20. The zero-order valence-corrected chi connectivity index (χ0v) is 17.3. The molecule has 10 heteroatoms. The van der Waals surface area contributed by atoms with Crippen molar-refractivity contribution in [3.63, 3.8) is 0 Å². The Morgan fingerprint density at radius 2 is 1.79 bits per heavy atom. The molecule has 1 amide bonds. The van der Waals surface area contributed by atoms with Gasteiger partial charge in [-0.15, -0.1) is 10.2 Å². The zero-order chi connectivity index (χ0) is 20.7. The van der Waals surface area contributed by atoms with Gasteiger partial charge < -0.3 is 4.74 Å². The Kier molecular flexibility index (Phi) is 6.91. The summed E-state index contributed by atoms with van der Waals surface area (Å²) in [5, 5.41) is 10.0. The largest absolute Gasteiger partial charge is 0.492 e. The monoisotopic (exact) mass is 432 g/mol. The summed E-state index contributed by atoms with van der Waals surface area (Å²) >= 11 is 0.776. The third kappa shape index (κ3) is 5.83. The predicted molar refractivity (Wildman–Crippen MR) is 111 cm³/mol. The van der Waals surface area contributed by atoms with Gasteiger partial charge in [0.1, 0.15) is 12.4 Å². The van der Waals surface area contributed by atoms with Gasteiger partial charge in [-0.3, -0.25) is 10.1 Å². The van der Waals surface area contributed by atoms with Gasteiger partial charge in [0.05, 0.1) is 0 Å². The second-order valence-electron chi connectivity index (χ2n) is 5.94. The molecule has 0 aliphatic heterocycles. The van der Waals surface area contributed by atoms with E-state index in [-0.39, 0.29) is 28.5 Å². The standard InChI is InChI=1S/C19H20N4O4S2/c1-2-14-8-10-16(11-9-14)27-13-12-20-29(25,26)19-23-22-18(28-19)21-17(24)15-6-4-3-5-7-15/h3-11,20H,2,12-13H2,1H3,(H,21,22,24). The summed E-state index contributed by atoms with van der Waals surface area (Å²) in [4.78, 5) is 12.1. The Bertz CT molecular complexity index is 1050. The molecule has 0 fully saturated rings. The van der Waals surface area contributed by atoms with Crippen molar-refractivity contribution in [1.29, 1.82) is 0 Å². The fourth-order valence-corrected chi connectivity index (χ4v) is 4.30. The van der Waals surface area contributed by atoms with Crippen LogP contribution in [0.25, 0.3) is 0 Å². The lowest BCUT2D eigenvalue weighted by atomic mass is 10.2. The van der Waals surface area contributed by atoms with Crippen LogP contribution in [-0.2, 0) is 16.4 Å². The molecule has 29 heavy (non-hydrogen) atoms. The van der Waals surface area contributed by atoms with Crippen LogP contribution in [0.4, 0.5) is 5.13 Å². The van der Waals surface area contributed by atoms with Crippen molar-refractivity contribution >= 4 is 32.4 Å². The number of carbonyl (C=O) groups is 1. The minimum Gasteiger partial charge on any atom is -0.492 e. The highest BCUT2D eigenvalue weighted by atomic mass is 32.2. The van der Waals surface area contributed by atoms with Crippen LogP contribution in [0.5, 0.6) is 5.75 Å². The van der Waals surface area contributed by atoms with Crippen LogP contribution in [-0.4, -0.2) is 37.7 Å². The van der Waals surface area contributed by atoms with Gasteiger partial charge in [0, 0.05) is 12.1 Å². The normalized spacial score (nSPS) is 11.2. The predicted octanol–water partition coefficient (Wildman–Crippen LogP) is 2.71. The van der Waals surface area contributed by atoms with Gasteiger partial charge in [-0.25, -0.2) is 13.1 Å². The summed E-state index contributed by atoms with van der Waals surface area (Å²) in [6.07, 6.45) is 0.940. The number of aromatic nitrogens is 2. The molecule has 0 spiro atoms. The second kappa shape index (κ2) is 9.59.